The molecule has 0 unspecified atom stereocenters. The van der Waals surface area contributed by atoms with Crippen molar-refractivity contribution in [2.45, 2.75) is 13.3 Å². The van der Waals surface area contributed by atoms with Gasteiger partial charge in [-0.05, 0) is 24.6 Å². The zero-order chi connectivity index (χ0) is 16.2. The number of aromatic nitrogens is 1. The highest BCUT2D eigenvalue weighted by molar-refractivity contribution is 7.88. The molecule has 120 valence electrons. The van der Waals surface area contributed by atoms with E-state index in [2.05, 4.69) is 5.32 Å². The lowest BCUT2D eigenvalue weighted by Gasteiger charge is -2.17. The van der Waals surface area contributed by atoms with E-state index in [1.165, 1.54) is 10.6 Å². The van der Waals surface area contributed by atoms with E-state index in [9.17, 15) is 13.2 Å². The normalized spacial score (nSPS) is 12.0. The highest BCUT2D eigenvalue weighted by atomic mass is 32.2. The summed E-state index contributed by atoms with van der Waals surface area (Å²) in [6.07, 6.45) is 5.44. The lowest BCUT2D eigenvalue weighted by molar-refractivity contribution is 0.0953. The minimum atomic E-state index is -3.17. The smallest absolute Gasteiger partial charge is 0.252 e. The molecule has 0 fully saturated rings. The van der Waals surface area contributed by atoms with Gasteiger partial charge < -0.3 is 9.72 Å². The largest absolute Gasteiger partial charge is 0.352 e. The van der Waals surface area contributed by atoms with E-state index in [0.29, 0.717) is 31.6 Å². The molecular formula is C15H21N3O3S. The van der Waals surface area contributed by atoms with Crippen LogP contribution in [-0.2, 0) is 10.0 Å². The predicted molar refractivity (Wildman–Crippen MR) is 86.4 cm³/mol. The Morgan fingerprint density at radius 3 is 2.77 bits per heavy atom. The van der Waals surface area contributed by atoms with Crippen molar-refractivity contribution in [2.24, 2.45) is 0 Å². The fraction of sp³-hybridized carbons (Fsp3) is 0.400. The second kappa shape index (κ2) is 6.93. The maximum absolute atomic E-state index is 12.1. The third kappa shape index (κ3) is 4.08. The lowest BCUT2D eigenvalue weighted by Crippen LogP contribution is -2.33. The first-order valence-corrected chi connectivity index (χ1v) is 9.06. The van der Waals surface area contributed by atoms with Crippen LogP contribution < -0.4 is 5.32 Å². The highest BCUT2D eigenvalue weighted by Crippen LogP contribution is 2.09. The Kier molecular flexibility index (Phi) is 5.20. The van der Waals surface area contributed by atoms with Crippen molar-refractivity contribution in [3.63, 3.8) is 0 Å². The minimum absolute atomic E-state index is 0.147. The number of nitrogens with one attached hydrogen (secondary N) is 1. The van der Waals surface area contributed by atoms with E-state index in [1.807, 2.05) is 34.9 Å². The van der Waals surface area contributed by atoms with E-state index >= 15 is 0 Å². The van der Waals surface area contributed by atoms with Gasteiger partial charge in [-0.2, -0.15) is 0 Å². The van der Waals surface area contributed by atoms with Gasteiger partial charge in [0.05, 0.1) is 11.8 Å². The Morgan fingerprint density at radius 2 is 2.14 bits per heavy atom. The number of pyridine rings is 1. The van der Waals surface area contributed by atoms with Gasteiger partial charge in [0.1, 0.15) is 0 Å². The first-order valence-electron chi connectivity index (χ1n) is 7.22. The Bertz CT molecular complexity index is 719. The minimum Gasteiger partial charge on any atom is -0.352 e. The predicted octanol–water partition coefficient (Wildman–Crippen LogP) is 1.34. The molecule has 0 saturated heterocycles. The average Bonchev–Trinajstić information content (AvgIpc) is 2.89. The number of carbonyl (C=O) groups is 1. The first-order chi connectivity index (χ1) is 10.4. The maximum Gasteiger partial charge on any atom is 0.252 e. The number of amides is 1. The molecule has 2 aromatic rings. The van der Waals surface area contributed by atoms with Crippen molar-refractivity contribution in [3.8, 4) is 0 Å². The summed E-state index contributed by atoms with van der Waals surface area (Å²) in [4.78, 5) is 12.1. The zero-order valence-corrected chi connectivity index (χ0v) is 13.6. The molecule has 0 saturated carbocycles. The molecule has 2 heterocycles. The van der Waals surface area contributed by atoms with Gasteiger partial charge in [0.15, 0.2) is 0 Å². The van der Waals surface area contributed by atoms with Gasteiger partial charge in [0, 0.05) is 37.5 Å². The summed E-state index contributed by atoms with van der Waals surface area (Å²) in [6.45, 7) is 3.09. The fourth-order valence-corrected chi connectivity index (χ4v) is 3.23. The van der Waals surface area contributed by atoms with Crippen molar-refractivity contribution in [1.82, 2.24) is 14.0 Å². The van der Waals surface area contributed by atoms with E-state index < -0.39 is 10.0 Å². The summed E-state index contributed by atoms with van der Waals surface area (Å²) in [5.74, 6) is -0.147. The van der Waals surface area contributed by atoms with Crippen LogP contribution in [0.5, 0.6) is 0 Å². The first kappa shape index (κ1) is 16.5. The van der Waals surface area contributed by atoms with Gasteiger partial charge in [0.2, 0.25) is 10.0 Å². The number of nitrogens with zero attached hydrogens (tertiary/aromatic N) is 2. The van der Waals surface area contributed by atoms with Crippen LogP contribution in [0.25, 0.3) is 5.52 Å². The molecule has 0 spiro atoms. The summed E-state index contributed by atoms with van der Waals surface area (Å²) < 4.78 is 26.2. The standard InChI is InChI=1S/C15H21N3O3S/c1-3-18(22(2,20)21)10-6-8-16-15(19)13-11-14-7-4-5-9-17(14)12-13/h4-5,7,9,11-12H,3,6,8,10H2,1-2H3,(H,16,19). The summed E-state index contributed by atoms with van der Waals surface area (Å²) in [7, 11) is -3.17. The lowest BCUT2D eigenvalue weighted by atomic mass is 10.3. The van der Waals surface area contributed by atoms with Crippen LogP contribution in [-0.4, -0.2) is 48.9 Å². The summed E-state index contributed by atoms with van der Waals surface area (Å²) in [6, 6.07) is 7.58. The molecule has 2 rings (SSSR count). The molecule has 2 aromatic heterocycles. The van der Waals surface area contributed by atoms with Crippen molar-refractivity contribution in [3.05, 3.63) is 42.2 Å². The number of fused-ring (bicyclic) bond motifs is 1. The number of sulfonamides is 1. The molecule has 0 bridgehead atoms. The van der Waals surface area contributed by atoms with Crippen LogP contribution in [0.3, 0.4) is 0 Å². The average molecular weight is 323 g/mol. The van der Waals surface area contributed by atoms with Crippen LogP contribution >= 0.6 is 0 Å². The second-order valence-electron chi connectivity index (χ2n) is 5.13. The number of rotatable bonds is 7. The van der Waals surface area contributed by atoms with Gasteiger partial charge in [-0.25, -0.2) is 12.7 Å². The molecule has 6 nitrogen and oxygen atoms in total. The Labute approximate surface area is 130 Å². The molecule has 1 N–H and O–H groups in total. The SMILES string of the molecule is CCN(CCCNC(=O)c1cc2ccccn2c1)S(C)(=O)=O. The summed E-state index contributed by atoms with van der Waals surface area (Å²) in [5, 5.41) is 2.82. The Morgan fingerprint density at radius 1 is 1.36 bits per heavy atom. The van der Waals surface area contributed by atoms with Crippen LogP contribution in [0.1, 0.15) is 23.7 Å². The monoisotopic (exact) mass is 323 g/mol. The van der Waals surface area contributed by atoms with Crippen molar-refractivity contribution in [1.29, 1.82) is 0 Å². The van der Waals surface area contributed by atoms with Crippen molar-refractivity contribution < 1.29 is 13.2 Å². The number of hydrogen-bond acceptors (Lipinski definition) is 3. The van der Waals surface area contributed by atoms with Gasteiger partial charge >= 0.3 is 0 Å². The van der Waals surface area contributed by atoms with Crippen LogP contribution in [0.2, 0.25) is 0 Å². The van der Waals surface area contributed by atoms with Crippen LogP contribution in [0.4, 0.5) is 0 Å². The van der Waals surface area contributed by atoms with E-state index in [0.717, 1.165) is 5.52 Å². The topological polar surface area (TPSA) is 70.9 Å². The summed E-state index contributed by atoms with van der Waals surface area (Å²) >= 11 is 0. The van der Waals surface area contributed by atoms with E-state index in [-0.39, 0.29) is 5.91 Å². The summed E-state index contributed by atoms with van der Waals surface area (Å²) in [5.41, 5.74) is 1.56. The van der Waals surface area contributed by atoms with Crippen LogP contribution in [0.15, 0.2) is 36.7 Å². The van der Waals surface area contributed by atoms with E-state index in [1.54, 1.807) is 13.1 Å². The van der Waals surface area contributed by atoms with E-state index in [4.69, 9.17) is 0 Å². The quantitative estimate of drug-likeness (QED) is 0.782. The second-order valence-corrected chi connectivity index (χ2v) is 7.11. The van der Waals surface area contributed by atoms with Gasteiger partial charge in [-0.3, -0.25) is 4.79 Å². The third-order valence-corrected chi connectivity index (χ3v) is 4.84. The van der Waals surface area contributed by atoms with Gasteiger partial charge in [0.25, 0.3) is 5.91 Å². The Hall–Kier alpha value is -1.86. The maximum atomic E-state index is 12.1. The number of hydrogen-bond donors (Lipinski definition) is 1. The fourth-order valence-electron chi connectivity index (χ4n) is 2.30. The van der Waals surface area contributed by atoms with Gasteiger partial charge in [-0.15, -0.1) is 0 Å². The third-order valence-electron chi connectivity index (χ3n) is 3.46. The number of carbonyl (C=O) groups excluding carboxylic acids is 1. The molecule has 0 aliphatic rings. The molecule has 0 radical (unpaired) electrons. The molecule has 7 heteroatoms. The van der Waals surface area contributed by atoms with Gasteiger partial charge in [-0.1, -0.05) is 13.0 Å². The Balaban J connectivity index is 1.85. The molecule has 0 atom stereocenters. The molecule has 1 amide bonds. The molecule has 0 aliphatic carbocycles. The molecule has 0 aliphatic heterocycles. The van der Waals surface area contributed by atoms with Crippen LogP contribution in [0, 0.1) is 0 Å². The highest BCUT2D eigenvalue weighted by Gasteiger charge is 2.14. The molecular weight excluding hydrogens is 302 g/mol. The van der Waals surface area contributed by atoms with Crippen molar-refractivity contribution >= 4 is 21.4 Å². The molecule has 0 aromatic carbocycles. The molecule has 22 heavy (non-hydrogen) atoms. The zero-order valence-electron chi connectivity index (χ0n) is 12.8. The van der Waals surface area contributed by atoms with Crippen molar-refractivity contribution in [2.75, 3.05) is 25.9 Å².